The van der Waals surface area contributed by atoms with E-state index in [2.05, 4.69) is 15.9 Å². The molecule has 0 aliphatic heterocycles. The Kier molecular flexibility index (Phi) is 6.79. The van der Waals surface area contributed by atoms with Gasteiger partial charge in [-0.05, 0) is 66.6 Å². The van der Waals surface area contributed by atoms with Crippen LogP contribution in [0.4, 0.5) is 18.9 Å². The van der Waals surface area contributed by atoms with Crippen molar-refractivity contribution in [2.75, 3.05) is 4.31 Å². The van der Waals surface area contributed by atoms with Gasteiger partial charge >= 0.3 is 0 Å². The Morgan fingerprint density at radius 3 is 2.20 bits per heavy atom. The van der Waals surface area contributed by atoms with Gasteiger partial charge in [0, 0.05) is 16.4 Å². The number of benzene rings is 3. The molecule has 0 spiro atoms. The van der Waals surface area contributed by atoms with Crippen molar-refractivity contribution in [1.29, 1.82) is 0 Å². The first-order chi connectivity index (χ1) is 14.1. The molecule has 0 fully saturated rings. The summed E-state index contributed by atoms with van der Waals surface area (Å²) in [4.78, 5) is -0.148. The third-order valence-corrected chi connectivity index (χ3v) is 7.32. The van der Waals surface area contributed by atoms with E-state index in [1.165, 1.54) is 49.4 Å². The minimum Gasteiger partial charge on any atom is -0.256 e. The van der Waals surface area contributed by atoms with Crippen LogP contribution in [0.1, 0.15) is 24.1 Å². The van der Waals surface area contributed by atoms with Gasteiger partial charge in [-0.15, -0.1) is 0 Å². The topological polar surface area (TPSA) is 37.4 Å². The molecule has 30 heavy (non-hydrogen) atoms. The molecule has 158 valence electrons. The molecule has 0 aliphatic rings. The van der Waals surface area contributed by atoms with Gasteiger partial charge in [0.1, 0.15) is 17.5 Å². The van der Waals surface area contributed by atoms with Crippen molar-refractivity contribution in [3.63, 3.8) is 0 Å². The van der Waals surface area contributed by atoms with Crippen LogP contribution >= 0.6 is 27.5 Å². The zero-order chi connectivity index (χ0) is 22.1. The number of nitrogens with zero attached hydrogens (tertiary/aromatic N) is 1. The summed E-state index contributed by atoms with van der Waals surface area (Å²) in [7, 11) is -4.33. The van der Waals surface area contributed by atoms with Crippen LogP contribution in [-0.4, -0.2) is 8.42 Å². The number of hydrogen-bond acceptors (Lipinski definition) is 2. The highest BCUT2D eigenvalue weighted by molar-refractivity contribution is 9.08. The van der Waals surface area contributed by atoms with E-state index >= 15 is 0 Å². The zero-order valence-corrected chi connectivity index (χ0v) is 18.8. The van der Waals surface area contributed by atoms with E-state index in [4.69, 9.17) is 11.6 Å². The van der Waals surface area contributed by atoms with E-state index in [1.54, 1.807) is 0 Å². The van der Waals surface area contributed by atoms with Crippen LogP contribution in [0.15, 0.2) is 65.6 Å². The summed E-state index contributed by atoms with van der Waals surface area (Å²) in [5.74, 6) is -2.21. The Morgan fingerprint density at radius 2 is 1.57 bits per heavy atom. The number of halogens is 5. The Bertz CT molecular complexity index is 1170. The maximum Gasteiger partial charge on any atom is 0.264 e. The molecule has 1 unspecified atom stereocenters. The van der Waals surface area contributed by atoms with Crippen LogP contribution in [0.5, 0.6) is 0 Å². The third-order valence-electron chi connectivity index (χ3n) is 4.57. The van der Waals surface area contributed by atoms with Crippen molar-refractivity contribution < 1.29 is 21.6 Å². The predicted octanol–water partition coefficient (Wildman–Crippen LogP) is 6.61. The van der Waals surface area contributed by atoms with Crippen LogP contribution in [0.3, 0.4) is 0 Å². The summed E-state index contributed by atoms with van der Waals surface area (Å²) < 4.78 is 70.1. The second-order valence-corrected chi connectivity index (χ2v) is 9.32. The van der Waals surface area contributed by atoms with Gasteiger partial charge in [0.25, 0.3) is 10.0 Å². The molecule has 9 heteroatoms. The lowest BCUT2D eigenvalue weighted by molar-refractivity contribution is 0.569. The lowest BCUT2D eigenvalue weighted by atomic mass is 10.0. The van der Waals surface area contributed by atoms with Crippen molar-refractivity contribution in [2.45, 2.75) is 23.2 Å². The largest absolute Gasteiger partial charge is 0.264 e. The maximum absolute atomic E-state index is 14.7. The molecular weight excluding hydrogens is 503 g/mol. The van der Waals surface area contributed by atoms with Crippen LogP contribution < -0.4 is 4.31 Å². The molecule has 3 aromatic rings. The second-order valence-electron chi connectivity index (χ2n) is 6.50. The molecule has 0 saturated heterocycles. The van der Waals surface area contributed by atoms with E-state index in [1.807, 2.05) is 0 Å². The van der Waals surface area contributed by atoms with E-state index in [-0.39, 0.29) is 10.2 Å². The average Bonchev–Trinajstić information content (AvgIpc) is 2.70. The van der Waals surface area contributed by atoms with Gasteiger partial charge in [0.2, 0.25) is 0 Å². The first-order valence-corrected chi connectivity index (χ1v) is 11.7. The number of sulfonamides is 1. The van der Waals surface area contributed by atoms with Crippen LogP contribution in [-0.2, 0) is 15.4 Å². The highest BCUT2D eigenvalue weighted by atomic mass is 79.9. The Labute approximate surface area is 186 Å². The molecular formula is C21H16BrClF3NO2S. The van der Waals surface area contributed by atoms with Gasteiger partial charge < -0.3 is 0 Å². The van der Waals surface area contributed by atoms with Crippen LogP contribution in [0.25, 0.3) is 0 Å². The van der Waals surface area contributed by atoms with Gasteiger partial charge in [-0.3, -0.25) is 4.31 Å². The van der Waals surface area contributed by atoms with E-state index in [0.29, 0.717) is 16.1 Å². The lowest BCUT2D eigenvalue weighted by Gasteiger charge is -2.32. The van der Waals surface area contributed by atoms with E-state index in [9.17, 15) is 21.6 Å². The number of alkyl halides is 1. The molecule has 0 N–H and O–H groups in total. The fraction of sp³-hybridized carbons (Fsp3) is 0.143. The molecule has 0 aromatic heterocycles. The molecule has 3 nitrogen and oxygen atoms in total. The zero-order valence-electron chi connectivity index (χ0n) is 15.6. The highest BCUT2D eigenvalue weighted by Gasteiger charge is 2.33. The Balaban J connectivity index is 2.25. The summed E-state index contributed by atoms with van der Waals surface area (Å²) in [5, 5.41) is 0.566. The molecule has 0 amide bonds. The van der Waals surface area contributed by atoms with Gasteiger partial charge in [0.05, 0.1) is 16.6 Å². The van der Waals surface area contributed by atoms with E-state index in [0.717, 1.165) is 22.5 Å². The summed E-state index contributed by atoms with van der Waals surface area (Å²) in [6.07, 6.45) is 0. The quantitative estimate of drug-likeness (QED) is 0.344. The van der Waals surface area contributed by atoms with Crippen LogP contribution in [0.2, 0.25) is 5.02 Å². The molecule has 0 saturated carbocycles. The molecule has 0 heterocycles. The first-order valence-electron chi connectivity index (χ1n) is 8.74. The summed E-state index contributed by atoms with van der Waals surface area (Å²) in [5.41, 5.74) is 0.465. The molecule has 0 aliphatic carbocycles. The average molecular weight is 519 g/mol. The maximum atomic E-state index is 14.7. The first kappa shape index (κ1) is 22.7. The normalized spacial score (nSPS) is 12.6. The fourth-order valence-corrected chi connectivity index (χ4v) is 5.39. The predicted molar refractivity (Wildman–Crippen MR) is 115 cm³/mol. The van der Waals surface area contributed by atoms with Gasteiger partial charge in [-0.2, -0.15) is 0 Å². The summed E-state index contributed by atoms with van der Waals surface area (Å²) >= 11 is 9.12. The number of rotatable bonds is 6. The van der Waals surface area contributed by atoms with Gasteiger partial charge in [-0.1, -0.05) is 33.6 Å². The smallest absolute Gasteiger partial charge is 0.256 e. The monoisotopic (exact) mass is 517 g/mol. The third kappa shape index (κ3) is 4.50. The minimum absolute atomic E-state index is 0.148. The Morgan fingerprint density at radius 1 is 0.967 bits per heavy atom. The molecule has 0 bridgehead atoms. The fourth-order valence-electron chi connectivity index (χ4n) is 3.15. The van der Waals surface area contributed by atoms with Crippen molar-refractivity contribution in [3.05, 3.63) is 94.3 Å². The minimum atomic E-state index is -4.33. The second kappa shape index (κ2) is 8.99. The van der Waals surface area contributed by atoms with Gasteiger partial charge in [-0.25, -0.2) is 21.6 Å². The molecule has 3 rings (SSSR count). The molecule has 0 radical (unpaired) electrons. The lowest BCUT2D eigenvalue weighted by Crippen LogP contribution is -2.35. The number of hydrogen-bond donors (Lipinski definition) is 0. The summed E-state index contributed by atoms with van der Waals surface area (Å²) in [6, 6.07) is 10.8. The van der Waals surface area contributed by atoms with Crippen molar-refractivity contribution in [2.24, 2.45) is 0 Å². The molecule has 3 aromatic carbocycles. The van der Waals surface area contributed by atoms with Crippen LogP contribution in [0, 0.1) is 17.5 Å². The number of anilines is 1. The van der Waals surface area contributed by atoms with Gasteiger partial charge in [0.15, 0.2) is 0 Å². The molecule has 1 atom stereocenters. The Hall–Kier alpha value is -2.03. The standard InChI is InChI=1S/C21H16BrClF3NO2S/c1-13(19-8-4-16(24)10-14(19)12-22)27(21-11-17(25)5-9-20(21)26)30(28,29)18-6-2-15(23)3-7-18/h2-11,13H,12H2,1H3. The highest BCUT2D eigenvalue weighted by Crippen LogP contribution is 2.37. The summed E-state index contributed by atoms with van der Waals surface area (Å²) in [6.45, 7) is 1.53. The van der Waals surface area contributed by atoms with E-state index < -0.39 is 39.2 Å². The van der Waals surface area contributed by atoms with Crippen molar-refractivity contribution >= 4 is 43.2 Å². The van der Waals surface area contributed by atoms with Crippen molar-refractivity contribution in [3.8, 4) is 0 Å². The SMILES string of the molecule is CC(c1ccc(F)cc1CBr)N(c1cc(F)ccc1F)S(=O)(=O)c1ccc(Cl)cc1. The van der Waals surface area contributed by atoms with Crippen molar-refractivity contribution in [1.82, 2.24) is 0 Å².